The molecular weight excluding hydrogens is 338 g/mol. The summed E-state index contributed by atoms with van der Waals surface area (Å²) in [5.41, 5.74) is 2.24. The standard InChI is InChI=1S/C18H21N3O3S/c1-14-13-16(8-10-19-14)20-25(23,24)17-6-4-15(5-7-17)9-12-21-11-2-3-18(21)22/h4-8,10,13H,2-3,9,11-12H2,1H3,(H,19,20). The lowest BCUT2D eigenvalue weighted by molar-refractivity contribution is -0.127. The van der Waals surface area contributed by atoms with Gasteiger partial charge >= 0.3 is 0 Å². The van der Waals surface area contributed by atoms with E-state index in [1.54, 1.807) is 49.5 Å². The zero-order valence-corrected chi connectivity index (χ0v) is 14.9. The Morgan fingerprint density at radius 3 is 2.60 bits per heavy atom. The molecule has 0 bridgehead atoms. The van der Waals surface area contributed by atoms with E-state index in [4.69, 9.17) is 0 Å². The van der Waals surface area contributed by atoms with Crippen molar-refractivity contribution in [1.29, 1.82) is 0 Å². The summed E-state index contributed by atoms with van der Waals surface area (Å²) in [6.45, 7) is 3.30. The van der Waals surface area contributed by atoms with Crippen LogP contribution in [0.3, 0.4) is 0 Å². The maximum Gasteiger partial charge on any atom is 0.261 e. The number of hydrogen-bond donors (Lipinski definition) is 1. The van der Waals surface area contributed by atoms with E-state index in [9.17, 15) is 13.2 Å². The third kappa shape index (κ3) is 4.36. The normalized spacial score (nSPS) is 14.8. The highest BCUT2D eigenvalue weighted by atomic mass is 32.2. The van der Waals surface area contributed by atoms with Gasteiger partial charge in [-0.15, -0.1) is 0 Å². The number of aryl methyl sites for hydroxylation is 1. The number of likely N-dealkylation sites (tertiary alicyclic amines) is 1. The lowest BCUT2D eigenvalue weighted by Gasteiger charge is -2.15. The Bertz CT molecular complexity index is 863. The highest BCUT2D eigenvalue weighted by molar-refractivity contribution is 7.92. The number of hydrogen-bond acceptors (Lipinski definition) is 4. The van der Waals surface area contributed by atoms with Crippen LogP contribution < -0.4 is 4.72 Å². The first-order chi connectivity index (χ1) is 11.9. The Hall–Kier alpha value is -2.41. The highest BCUT2D eigenvalue weighted by Gasteiger charge is 2.19. The molecule has 132 valence electrons. The van der Waals surface area contributed by atoms with Gasteiger partial charge in [0.25, 0.3) is 10.0 Å². The summed E-state index contributed by atoms with van der Waals surface area (Å²) < 4.78 is 27.5. The maximum absolute atomic E-state index is 12.4. The smallest absolute Gasteiger partial charge is 0.261 e. The first-order valence-electron chi connectivity index (χ1n) is 8.26. The second kappa shape index (κ2) is 7.23. The second-order valence-corrected chi connectivity index (χ2v) is 7.85. The monoisotopic (exact) mass is 359 g/mol. The lowest BCUT2D eigenvalue weighted by atomic mass is 10.1. The summed E-state index contributed by atoms with van der Waals surface area (Å²) >= 11 is 0. The Balaban J connectivity index is 1.65. The first kappa shape index (κ1) is 17.4. The number of aromatic nitrogens is 1. The summed E-state index contributed by atoms with van der Waals surface area (Å²) in [5.74, 6) is 0.205. The van der Waals surface area contributed by atoms with Gasteiger partial charge in [0.05, 0.1) is 10.6 Å². The topological polar surface area (TPSA) is 79.4 Å². The number of pyridine rings is 1. The van der Waals surface area contributed by atoms with Crippen LogP contribution >= 0.6 is 0 Å². The third-order valence-corrected chi connectivity index (χ3v) is 5.62. The second-order valence-electron chi connectivity index (χ2n) is 6.17. The minimum Gasteiger partial charge on any atom is -0.342 e. The van der Waals surface area contributed by atoms with Crippen LogP contribution in [0.4, 0.5) is 5.69 Å². The minimum atomic E-state index is -3.63. The summed E-state index contributed by atoms with van der Waals surface area (Å²) in [7, 11) is -3.63. The van der Waals surface area contributed by atoms with Crippen LogP contribution in [0.1, 0.15) is 24.1 Å². The van der Waals surface area contributed by atoms with E-state index < -0.39 is 10.0 Å². The van der Waals surface area contributed by atoms with Crippen molar-refractivity contribution >= 4 is 21.6 Å². The van der Waals surface area contributed by atoms with Gasteiger partial charge in [0, 0.05) is 31.4 Å². The number of sulfonamides is 1. The molecule has 1 amide bonds. The average Bonchev–Trinajstić information content (AvgIpc) is 2.98. The van der Waals surface area contributed by atoms with Crippen LogP contribution in [-0.2, 0) is 21.2 Å². The van der Waals surface area contributed by atoms with Crippen molar-refractivity contribution in [2.24, 2.45) is 0 Å². The molecule has 2 heterocycles. The molecule has 0 spiro atoms. The molecule has 25 heavy (non-hydrogen) atoms. The van der Waals surface area contributed by atoms with Crippen molar-refractivity contribution in [2.75, 3.05) is 17.8 Å². The molecule has 1 aliphatic rings. The van der Waals surface area contributed by atoms with Gasteiger partial charge in [-0.2, -0.15) is 0 Å². The summed E-state index contributed by atoms with van der Waals surface area (Å²) in [6, 6.07) is 10.1. The van der Waals surface area contributed by atoms with E-state index in [0.29, 0.717) is 18.7 Å². The van der Waals surface area contributed by atoms with Crippen LogP contribution in [0.15, 0.2) is 47.5 Å². The van der Waals surface area contributed by atoms with Crippen LogP contribution in [0.2, 0.25) is 0 Å². The van der Waals surface area contributed by atoms with Gasteiger partial charge < -0.3 is 4.90 Å². The predicted molar refractivity (Wildman–Crippen MR) is 95.7 cm³/mol. The zero-order chi connectivity index (χ0) is 17.9. The van der Waals surface area contributed by atoms with Gasteiger partial charge in [0.15, 0.2) is 0 Å². The number of nitrogens with one attached hydrogen (secondary N) is 1. The lowest BCUT2D eigenvalue weighted by Crippen LogP contribution is -2.26. The molecular formula is C18H21N3O3S. The molecule has 0 radical (unpaired) electrons. The van der Waals surface area contributed by atoms with Crippen molar-refractivity contribution in [3.8, 4) is 0 Å². The number of rotatable bonds is 6. The molecule has 1 aromatic carbocycles. The molecule has 6 nitrogen and oxygen atoms in total. The number of anilines is 1. The highest BCUT2D eigenvalue weighted by Crippen LogP contribution is 2.17. The van der Waals surface area contributed by atoms with E-state index in [-0.39, 0.29) is 10.8 Å². The fraction of sp³-hybridized carbons (Fsp3) is 0.333. The molecule has 1 N–H and O–H groups in total. The molecule has 3 rings (SSSR count). The van der Waals surface area contributed by atoms with Crippen molar-refractivity contribution in [1.82, 2.24) is 9.88 Å². The third-order valence-electron chi connectivity index (χ3n) is 4.22. The van der Waals surface area contributed by atoms with E-state index in [0.717, 1.165) is 30.6 Å². The molecule has 1 aromatic heterocycles. The average molecular weight is 359 g/mol. The molecule has 1 fully saturated rings. The van der Waals surface area contributed by atoms with Crippen molar-refractivity contribution in [3.63, 3.8) is 0 Å². The van der Waals surface area contributed by atoms with Gasteiger partial charge in [-0.3, -0.25) is 14.5 Å². The Kier molecular flexibility index (Phi) is 5.03. The Labute approximate surface area is 147 Å². The van der Waals surface area contributed by atoms with Crippen LogP contribution in [0, 0.1) is 6.92 Å². The van der Waals surface area contributed by atoms with E-state index in [1.807, 2.05) is 4.90 Å². The molecule has 1 saturated heterocycles. The van der Waals surface area contributed by atoms with Crippen LogP contribution in [0.5, 0.6) is 0 Å². The Morgan fingerprint density at radius 2 is 1.96 bits per heavy atom. The first-order valence-corrected chi connectivity index (χ1v) is 9.74. The van der Waals surface area contributed by atoms with Crippen molar-refractivity contribution < 1.29 is 13.2 Å². The molecule has 7 heteroatoms. The number of carbonyl (C=O) groups excluding carboxylic acids is 1. The van der Waals surface area contributed by atoms with Crippen molar-refractivity contribution in [3.05, 3.63) is 53.9 Å². The summed E-state index contributed by atoms with van der Waals surface area (Å²) in [6.07, 6.45) is 3.85. The fourth-order valence-electron chi connectivity index (χ4n) is 2.86. The zero-order valence-electron chi connectivity index (χ0n) is 14.1. The minimum absolute atomic E-state index is 0.205. The summed E-state index contributed by atoms with van der Waals surface area (Å²) in [5, 5.41) is 0. The van der Waals surface area contributed by atoms with Gasteiger partial charge in [0.1, 0.15) is 0 Å². The van der Waals surface area contributed by atoms with E-state index >= 15 is 0 Å². The predicted octanol–water partition coefficient (Wildman–Crippen LogP) is 2.36. The maximum atomic E-state index is 12.4. The SMILES string of the molecule is Cc1cc(NS(=O)(=O)c2ccc(CCN3CCCC3=O)cc2)ccn1. The molecule has 0 unspecified atom stereocenters. The fourth-order valence-corrected chi connectivity index (χ4v) is 3.91. The molecule has 2 aromatic rings. The van der Waals surface area contributed by atoms with E-state index in [2.05, 4.69) is 9.71 Å². The van der Waals surface area contributed by atoms with Crippen LogP contribution in [0.25, 0.3) is 0 Å². The van der Waals surface area contributed by atoms with E-state index in [1.165, 1.54) is 0 Å². The van der Waals surface area contributed by atoms with Gasteiger partial charge in [0.2, 0.25) is 5.91 Å². The number of nitrogens with zero attached hydrogens (tertiary/aromatic N) is 2. The molecule has 0 saturated carbocycles. The number of carbonyl (C=O) groups is 1. The largest absolute Gasteiger partial charge is 0.342 e. The quantitative estimate of drug-likeness (QED) is 0.859. The van der Waals surface area contributed by atoms with Gasteiger partial charge in [-0.1, -0.05) is 12.1 Å². The van der Waals surface area contributed by atoms with Crippen LogP contribution in [-0.4, -0.2) is 37.3 Å². The molecule has 0 aliphatic carbocycles. The van der Waals surface area contributed by atoms with Gasteiger partial charge in [-0.25, -0.2) is 8.42 Å². The molecule has 0 atom stereocenters. The number of amides is 1. The van der Waals surface area contributed by atoms with Crippen molar-refractivity contribution in [2.45, 2.75) is 31.1 Å². The Morgan fingerprint density at radius 1 is 1.20 bits per heavy atom. The number of benzene rings is 1. The molecule has 1 aliphatic heterocycles. The van der Waals surface area contributed by atoms with Gasteiger partial charge in [-0.05, 0) is 49.6 Å². The summed E-state index contributed by atoms with van der Waals surface area (Å²) in [4.78, 5) is 17.7.